The molecule has 0 aliphatic rings. The molecular formula is C12H26N6O2S. The molecule has 2 N–H and O–H groups in total. The van der Waals surface area contributed by atoms with Crippen molar-refractivity contribution in [1.29, 1.82) is 0 Å². The van der Waals surface area contributed by atoms with Crippen LogP contribution in [0.3, 0.4) is 0 Å². The predicted molar refractivity (Wildman–Crippen MR) is 81.9 cm³/mol. The van der Waals surface area contributed by atoms with Crippen molar-refractivity contribution in [3.05, 3.63) is 12.2 Å². The number of hydrogen-bond donors (Lipinski definition) is 2. The summed E-state index contributed by atoms with van der Waals surface area (Å²) in [5.41, 5.74) is 0. The van der Waals surface area contributed by atoms with Gasteiger partial charge in [-0.1, -0.05) is 6.92 Å². The molecule has 1 rings (SSSR count). The zero-order valence-corrected chi connectivity index (χ0v) is 13.9. The summed E-state index contributed by atoms with van der Waals surface area (Å²) in [7, 11) is -1.90. The predicted octanol–water partition coefficient (Wildman–Crippen LogP) is -0.0461. The lowest BCUT2D eigenvalue weighted by atomic mass is 10.4. The summed E-state index contributed by atoms with van der Waals surface area (Å²) in [6.07, 6.45) is 3.45. The molecule has 21 heavy (non-hydrogen) atoms. The number of aryl methyl sites for hydroxylation is 1. The SMILES string of the molecule is CCCNCCCN(C)S(=O)(=O)NCc1nncn1CC. The van der Waals surface area contributed by atoms with Crippen molar-refractivity contribution < 1.29 is 8.42 Å². The van der Waals surface area contributed by atoms with E-state index in [0.717, 1.165) is 25.9 Å². The Bertz CT molecular complexity index is 502. The van der Waals surface area contributed by atoms with Gasteiger partial charge in [-0.3, -0.25) is 0 Å². The Hall–Kier alpha value is -1.03. The van der Waals surface area contributed by atoms with Gasteiger partial charge in [0.25, 0.3) is 10.2 Å². The van der Waals surface area contributed by atoms with Gasteiger partial charge >= 0.3 is 0 Å². The van der Waals surface area contributed by atoms with E-state index in [2.05, 4.69) is 27.2 Å². The minimum Gasteiger partial charge on any atom is -0.317 e. The van der Waals surface area contributed by atoms with E-state index >= 15 is 0 Å². The summed E-state index contributed by atoms with van der Waals surface area (Å²) in [5.74, 6) is 0.610. The van der Waals surface area contributed by atoms with Gasteiger partial charge in [0.05, 0.1) is 6.54 Å². The van der Waals surface area contributed by atoms with Gasteiger partial charge < -0.3 is 9.88 Å². The van der Waals surface area contributed by atoms with Crippen LogP contribution < -0.4 is 10.0 Å². The second-order valence-corrected chi connectivity index (χ2v) is 6.65. The van der Waals surface area contributed by atoms with Gasteiger partial charge in [-0.2, -0.15) is 17.4 Å². The fourth-order valence-electron chi connectivity index (χ4n) is 1.79. The first-order valence-corrected chi connectivity index (χ1v) is 8.73. The first kappa shape index (κ1) is 18.0. The molecule has 0 atom stereocenters. The van der Waals surface area contributed by atoms with Crippen molar-refractivity contribution in [2.45, 2.75) is 39.8 Å². The fraction of sp³-hybridized carbons (Fsp3) is 0.833. The van der Waals surface area contributed by atoms with Gasteiger partial charge in [-0.15, -0.1) is 10.2 Å². The zero-order chi connectivity index (χ0) is 15.7. The van der Waals surface area contributed by atoms with Crippen molar-refractivity contribution in [2.24, 2.45) is 0 Å². The molecule has 1 aromatic rings. The minimum absolute atomic E-state index is 0.147. The second-order valence-electron chi connectivity index (χ2n) is 4.78. The normalized spacial score (nSPS) is 12.2. The number of rotatable bonds is 11. The van der Waals surface area contributed by atoms with Crippen LogP contribution in [-0.4, -0.2) is 54.2 Å². The van der Waals surface area contributed by atoms with Crippen molar-refractivity contribution in [3.8, 4) is 0 Å². The highest BCUT2D eigenvalue weighted by Gasteiger charge is 2.17. The van der Waals surface area contributed by atoms with E-state index in [1.54, 1.807) is 17.9 Å². The molecule has 0 aliphatic heterocycles. The second kappa shape index (κ2) is 9.08. The van der Waals surface area contributed by atoms with Crippen LogP contribution >= 0.6 is 0 Å². The Morgan fingerprint density at radius 1 is 1.33 bits per heavy atom. The molecule has 0 saturated carbocycles. The molecule has 8 nitrogen and oxygen atoms in total. The van der Waals surface area contributed by atoms with Crippen molar-refractivity contribution in [3.63, 3.8) is 0 Å². The number of nitrogens with zero attached hydrogens (tertiary/aromatic N) is 4. The molecule has 122 valence electrons. The van der Waals surface area contributed by atoms with Gasteiger partial charge in [-0.25, -0.2) is 0 Å². The molecule has 0 amide bonds. The Morgan fingerprint density at radius 2 is 2.10 bits per heavy atom. The van der Waals surface area contributed by atoms with Crippen LogP contribution in [0.15, 0.2) is 6.33 Å². The van der Waals surface area contributed by atoms with E-state index in [4.69, 9.17) is 0 Å². The van der Waals surface area contributed by atoms with Crippen LogP contribution in [0.2, 0.25) is 0 Å². The lowest BCUT2D eigenvalue weighted by Gasteiger charge is -2.17. The molecule has 9 heteroatoms. The van der Waals surface area contributed by atoms with E-state index in [1.165, 1.54) is 4.31 Å². The van der Waals surface area contributed by atoms with E-state index in [0.29, 0.717) is 18.9 Å². The van der Waals surface area contributed by atoms with E-state index in [9.17, 15) is 8.42 Å². The molecule has 0 spiro atoms. The molecule has 0 fully saturated rings. The summed E-state index contributed by atoms with van der Waals surface area (Å²) in [5, 5.41) is 10.9. The average molecular weight is 318 g/mol. The highest BCUT2D eigenvalue weighted by molar-refractivity contribution is 7.87. The van der Waals surface area contributed by atoms with Gasteiger partial charge in [0, 0.05) is 20.1 Å². The lowest BCUT2D eigenvalue weighted by molar-refractivity contribution is 0.443. The minimum atomic E-state index is -3.48. The van der Waals surface area contributed by atoms with Crippen molar-refractivity contribution in [2.75, 3.05) is 26.7 Å². The molecular weight excluding hydrogens is 292 g/mol. The van der Waals surface area contributed by atoms with Crippen LogP contribution in [0.1, 0.15) is 32.5 Å². The largest absolute Gasteiger partial charge is 0.317 e. The lowest BCUT2D eigenvalue weighted by Crippen LogP contribution is -2.39. The van der Waals surface area contributed by atoms with Crippen LogP contribution in [0, 0.1) is 0 Å². The fourth-order valence-corrected chi connectivity index (χ4v) is 2.70. The highest BCUT2D eigenvalue weighted by atomic mass is 32.2. The topological polar surface area (TPSA) is 92.2 Å². The number of hydrogen-bond acceptors (Lipinski definition) is 5. The molecule has 1 aromatic heterocycles. The summed E-state index contributed by atoms with van der Waals surface area (Å²) < 4.78 is 29.8. The molecule has 0 radical (unpaired) electrons. The van der Waals surface area contributed by atoms with Gasteiger partial charge in [0.1, 0.15) is 12.2 Å². The zero-order valence-electron chi connectivity index (χ0n) is 13.0. The average Bonchev–Trinajstić information content (AvgIpc) is 2.92. The Labute approximate surface area is 127 Å². The molecule has 0 bridgehead atoms. The maximum absolute atomic E-state index is 12.1. The maximum Gasteiger partial charge on any atom is 0.279 e. The van der Waals surface area contributed by atoms with Crippen LogP contribution in [0.25, 0.3) is 0 Å². The van der Waals surface area contributed by atoms with Crippen LogP contribution in [0.4, 0.5) is 0 Å². The highest BCUT2D eigenvalue weighted by Crippen LogP contribution is 1.99. The van der Waals surface area contributed by atoms with E-state index < -0.39 is 10.2 Å². The number of nitrogens with one attached hydrogen (secondary N) is 2. The van der Waals surface area contributed by atoms with E-state index in [-0.39, 0.29) is 6.54 Å². The quantitative estimate of drug-likeness (QED) is 0.558. The third-order valence-corrected chi connectivity index (χ3v) is 4.63. The standard InChI is InChI=1S/C12H26N6O2S/c1-4-7-13-8-6-9-17(3)21(19,20)15-10-12-16-14-11-18(12)5-2/h11,13,15H,4-10H2,1-3H3. The Kier molecular flexibility index (Phi) is 7.79. The number of aromatic nitrogens is 3. The van der Waals surface area contributed by atoms with Crippen molar-refractivity contribution in [1.82, 2.24) is 29.1 Å². The Morgan fingerprint density at radius 3 is 2.76 bits per heavy atom. The third kappa shape index (κ3) is 6.08. The summed E-state index contributed by atoms with van der Waals surface area (Å²) >= 11 is 0. The third-order valence-electron chi connectivity index (χ3n) is 3.11. The summed E-state index contributed by atoms with van der Waals surface area (Å²) in [6, 6.07) is 0. The molecule has 0 saturated heterocycles. The molecule has 0 aromatic carbocycles. The Balaban J connectivity index is 2.38. The molecule has 1 heterocycles. The first-order chi connectivity index (χ1) is 10.0. The maximum atomic E-state index is 12.1. The van der Waals surface area contributed by atoms with Crippen LogP contribution in [0.5, 0.6) is 0 Å². The summed E-state index contributed by atoms with van der Waals surface area (Å²) in [4.78, 5) is 0. The monoisotopic (exact) mass is 318 g/mol. The van der Waals surface area contributed by atoms with Gasteiger partial charge in [0.15, 0.2) is 0 Å². The molecule has 0 aliphatic carbocycles. The smallest absolute Gasteiger partial charge is 0.279 e. The van der Waals surface area contributed by atoms with E-state index in [1.807, 2.05) is 6.92 Å². The van der Waals surface area contributed by atoms with Crippen LogP contribution in [-0.2, 0) is 23.3 Å². The summed E-state index contributed by atoms with van der Waals surface area (Å²) in [6.45, 7) is 7.17. The van der Waals surface area contributed by atoms with Gasteiger partial charge in [0.2, 0.25) is 0 Å². The first-order valence-electron chi connectivity index (χ1n) is 7.29. The molecule has 0 unspecified atom stereocenters. The van der Waals surface area contributed by atoms with Crippen molar-refractivity contribution >= 4 is 10.2 Å². The van der Waals surface area contributed by atoms with Gasteiger partial charge in [-0.05, 0) is 32.9 Å².